The Balaban J connectivity index is 1.38. The van der Waals surface area contributed by atoms with Crippen LogP contribution in [0.25, 0.3) is 0 Å². The molecule has 3 aromatic rings. The van der Waals surface area contributed by atoms with Crippen LogP contribution in [0, 0.1) is 16.0 Å². The van der Waals surface area contributed by atoms with Gasteiger partial charge in [-0.2, -0.15) is 5.10 Å². The Morgan fingerprint density at radius 3 is 2.58 bits per heavy atom. The topological polar surface area (TPSA) is 141 Å². The molecule has 0 saturated carbocycles. The summed E-state index contributed by atoms with van der Waals surface area (Å²) in [5.41, 5.74) is 3.74. The van der Waals surface area contributed by atoms with Crippen LogP contribution in [-0.4, -0.2) is 35.8 Å². The molecule has 0 spiro atoms. The molecule has 0 bridgehead atoms. The fraction of sp³-hybridized carbons (Fsp3) is 0.222. The lowest BCUT2D eigenvalue weighted by atomic mass is 10.0. The van der Waals surface area contributed by atoms with Gasteiger partial charge >= 0.3 is 5.69 Å². The summed E-state index contributed by atoms with van der Waals surface area (Å²) < 4.78 is 16.2. The van der Waals surface area contributed by atoms with Gasteiger partial charge in [-0.25, -0.2) is 5.43 Å². The van der Waals surface area contributed by atoms with Crippen molar-refractivity contribution in [3.8, 4) is 17.2 Å². The Morgan fingerprint density at radius 1 is 1.08 bits per heavy atom. The van der Waals surface area contributed by atoms with E-state index in [0.717, 1.165) is 5.56 Å². The van der Waals surface area contributed by atoms with Crippen LogP contribution in [0.2, 0.25) is 0 Å². The number of hydrogen-bond donors (Lipinski definition) is 2. The number of hydrogen-bond acceptors (Lipinski definition) is 8. The molecule has 1 aliphatic heterocycles. The normalized spacial score (nSPS) is 12.8. The number of hydrazone groups is 1. The van der Waals surface area contributed by atoms with Crippen molar-refractivity contribution in [2.45, 2.75) is 26.5 Å². The molecule has 11 nitrogen and oxygen atoms in total. The summed E-state index contributed by atoms with van der Waals surface area (Å²) in [7, 11) is 0. The summed E-state index contributed by atoms with van der Waals surface area (Å²) in [6, 6.07) is 17.5. The smallest absolute Gasteiger partial charge is 0.311 e. The highest BCUT2D eigenvalue weighted by Gasteiger charge is 2.25. The van der Waals surface area contributed by atoms with Gasteiger partial charge in [-0.3, -0.25) is 19.7 Å². The van der Waals surface area contributed by atoms with E-state index in [1.165, 1.54) is 18.3 Å². The quantitative estimate of drug-likeness (QED) is 0.236. The number of nitro benzene ring substituents is 1. The molecule has 4 rings (SSSR count). The zero-order valence-corrected chi connectivity index (χ0v) is 20.7. The second-order valence-electron chi connectivity index (χ2n) is 8.76. The van der Waals surface area contributed by atoms with Crippen molar-refractivity contribution in [3.05, 3.63) is 93.5 Å². The van der Waals surface area contributed by atoms with E-state index in [4.69, 9.17) is 14.2 Å². The number of carbonyl (C=O) groups excluding carboxylic acids is 2. The van der Waals surface area contributed by atoms with Crippen LogP contribution in [-0.2, 0) is 11.4 Å². The van der Waals surface area contributed by atoms with Crippen molar-refractivity contribution in [3.63, 3.8) is 0 Å². The van der Waals surface area contributed by atoms with Gasteiger partial charge in [0.25, 0.3) is 11.8 Å². The van der Waals surface area contributed by atoms with Crippen LogP contribution in [0.1, 0.15) is 35.3 Å². The summed E-state index contributed by atoms with van der Waals surface area (Å²) in [5, 5.41) is 18.2. The largest absolute Gasteiger partial charge is 0.482 e. The molecule has 11 heteroatoms. The summed E-state index contributed by atoms with van der Waals surface area (Å²) in [6.07, 6.45) is 1.28. The highest BCUT2D eigenvalue weighted by molar-refractivity contribution is 5.98. The van der Waals surface area contributed by atoms with Crippen molar-refractivity contribution in [1.29, 1.82) is 0 Å². The number of ether oxygens (including phenoxy) is 3. The van der Waals surface area contributed by atoms with Crippen LogP contribution in [0.3, 0.4) is 0 Å². The minimum Gasteiger partial charge on any atom is -0.482 e. The zero-order valence-electron chi connectivity index (χ0n) is 20.7. The van der Waals surface area contributed by atoms with E-state index in [-0.39, 0.29) is 30.8 Å². The third kappa shape index (κ3) is 6.44. The fourth-order valence-electron chi connectivity index (χ4n) is 3.65. The maximum Gasteiger partial charge on any atom is 0.311 e. The minimum atomic E-state index is -0.881. The average molecular weight is 519 g/mol. The van der Waals surface area contributed by atoms with E-state index >= 15 is 0 Å². The van der Waals surface area contributed by atoms with Gasteiger partial charge < -0.3 is 19.5 Å². The minimum absolute atomic E-state index is 0.0853. The SMILES string of the molecule is CC(C)C(NC(=O)c1ccc2c(c1)OCO2)C(=O)N/N=C\c1ccc(OCc2ccccc2)c([N+](=O)[O-])c1. The van der Waals surface area contributed by atoms with Gasteiger partial charge in [0.05, 0.1) is 11.1 Å². The molecule has 0 aromatic heterocycles. The van der Waals surface area contributed by atoms with Gasteiger partial charge in [-0.1, -0.05) is 44.2 Å². The molecule has 196 valence electrons. The monoisotopic (exact) mass is 518 g/mol. The first-order valence-corrected chi connectivity index (χ1v) is 11.8. The van der Waals surface area contributed by atoms with Crippen molar-refractivity contribution >= 4 is 23.7 Å². The van der Waals surface area contributed by atoms with E-state index in [1.54, 1.807) is 38.1 Å². The standard InChI is InChI=1S/C27H26N4O7/c1-17(2)25(29-26(32)20-9-11-23-24(13-20)38-16-37-23)27(33)30-28-14-19-8-10-22(21(12-19)31(34)35)36-15-18-6-4-3-5-7-18/h3-14,17,25H,15-16H2,1-2H3,(H,29,32)(H,30,33)/b28-14-. The summed E-state index contributed by atoms with van der Waals surface area (Å²) >= 11 is 0. The fourth-order valence-corrected chi connectivity index (χ4v) is 3.65. The Kier molecular flexibility index (Phi) is 8.17. The molecule has 1 unspecified atom stereocenters. The molecule has 2 N–H and O–H groups in total. The molecule has 38 heavy (non-hydrogen) atoms. The van der Waals surface area contributed by atoms with Gasteiger partial charge in [-0.15, -0.1) is 0 Å². The third-order valence-corrected chi connectivity index (χ3v) is 5.68. The first kappa shape index (κ1) is 26.1. The Labute approximate surface area is 218 Å². The lowest BCUT2D eigenvalue weighted by Crippen LogP contribution is -2.48. The molecule has 0 radical (unpaired) electrons. The van der Waals surface area contributed by atoms with Crippen LogP contribution >= 0.6 is 0 Å². The number of carbonyl (C=O) groups is 2. The highest BCUT2D eigenvalue weighted by atomic mass is 16.7. The lowest BCUT2D eigenvalue weighted by molar-refractivity contribution is -0.385. The molecule has 1 heterocycles. The molecule has 0 saturated heterocycles. The lowest BCUT2D eigenvalue weighted by Gasteiger charge is -2.20. The van der Waals surface area contributed by atoms with Crippen molar-refractivity contribution in [2.24, 2.45) is 11.0 Å². The van der Waals surface area contributed by atoms with Gasteiger partial charge in [0.1, 0.15) is 12.6 Å². The van der Waals surface area contributed by atoms with E-state index < -0.39 is 22.8 Å². The molecular weight excluding hydrogens is 492 g/mol. The number of nitro groups is 1. The Morgan fingerprint density at radius 2 is 1.84 bits per heavy atom. The van der Waals surface area contributed by atoms with Crippen LogP contribution in [0.15, 0.2) is 71.8 Å². The van der Waals surface area contributed by atoms with Gasteiger partial charge in [0.2, 0.25) is 6.79 Å². The first-order chi connectivity index (χ1) is 18.3. The van der Waals surface area contributed by atoms with Crippen LogP contribution in [0.5, 0.6) is 17.2 Å². The van der Waals surface area contributed by atoms with Crippen molar-refractivity contribution in [2.75, 3.05) is 6.79 Å². The third-order valence-electron chi connectivity index (χ3n) is 5.68. The maximum atomic E-state index is 12.8. The maximum absolute atomic E-state index is 12.8. The van der Waals surface area contributed by atoms with Gasteiger partial charge in [-0.05, 0) is 41.8 Å². The van der Waals surface area contributed by atoms with E-state index in [9.17, 15) is 19.7 Å². The summed E-state index contributed by atoms with van der Waals surface area (Å²) in [4.78, 5) is 36.5. The molecular formula is C27H26N4O7. The van der Waals surface area contributed by atoms with Crippen LogP contribution < -0.4 is 25.0 Å². The van der Waals surface area contributed by atoms with Crippen LogP contribution in [0.4, 0.5) is 5.69 Å². The predicted molar refractivity (Wildman–Crippen MR) is 138 cm³/mol. The van der Waals surface area contributed by atoms with E-state index in [2.05, 4.69) is 15.8 Å². The number of nitrogens with zero attached hydrogens (tertiary/aromatic N) is 2. The highest BCUT2D eigenvalue weighted by Crippen LogP contribution is 2.32. The van der Waals surface area contributed by atoms with Gasteiger partial charge in [0, 0.05) is 17.2 Å². The number of benzene rings is 3. The number of amides is 2. The first-order valence-electron chi connectivity index (χ1n) is 11.8. The van der Waals surface area contributed by atoms with Crippen molar-refractivity contribution < 1.29 is 28.7 Å². The molecule has 2 amide bonds. The molecule has 1 aliphatic rings. The second kappa shape index (κ2) is 11.9. The number of nitrogens with one attached hydrogen (secondary N) is 2. The zero-order chi connectivity index (χ0) is 27.1. The number of fused-ring (bicyclic) bond motifs is 1. The predicted octanol–water partition coefficient (Wildman–Crippen LogP) is 3.81. The average Bonchev–Trinajstić information content (AvgIpc) is 3.39. The van der Waals surface area contributed by atoms with Crippen molar-refractivity contribution in [1.82, 2.24) is 10.7 Å². The summed E-state index contributed by atoms with van der Waals surface area (Å²) in [6.45, 7) is 3.83. The molecule has 3 aromatic carbocycles. The van der Waals surface area contributed by atoms with E-state index in [1.807, 2.05) is 30.3 Å². The Hall–Kier alpha value is -4.93. The van der Waals surface area contributed by atoms with Gasteiger partial charge in [0.15, 0.2) is 17.2 Å². The molecule has 0 aliphatic carbocycles. The summed E-state index contributed by atoms with van der Waals surface area (Å²) in [5.74, 6) is -0.120. The second-order valence-corrected chi connectivity index (χ2v) is 8.76. The molecule has 1 atom stereocenters. The molecule has 0 fully saturated rings. The van der Waals surface area contributed by atoms with E-state index in [0.29, 0.717) is 22.6 Å². The number of rotatable bonds is 10. The Bertz CT molecular complexity index is 1360.